The lowest BCUT2D eigenvalue weighted by atomic mass is 10.0. The van der Waals surface area contributed by atoms with Gasteiger partial charge in [-0.15, -0.1) is 0 Å². The smallest absolute Gasteiger partial charge is 0.304 e. The molecule has 0 aromatic heterocycles. The van der Waals surface area contributed by atoms with Crippen molar-refractivity contribution in [2.24, 2.45) is 5.92 Å². The third-order valence-corrected chi connectivity index (χ3v) is 3.41. The van der Waals surface area contributed by atoms with Gasteiger partial charge >= 0.3 is 5.97 Å². The molecule has 80 valence electrons. The molecule has 0 aromatic carbocycles. The van der Waals surface area contributed by atoms with Crippen LogP contribution < -0.4 is 0 Å². The SMILES string of the molecule is O=C(O)CC(C1CC1)N1CCCCC1. The Bertz CT molecular complexity index is 207. The third-order valence-electron chi connectivity index (χ3n) is 3.41. The lowest BCUT2D eigenvalue weighted by Gasteiger charge is -2.33. The molecule has 1 heterocycles. The molecule has 0 radical (unpaired) electrons. The molecular weight excluding hydrogens is 178 g/mol. The molecule has 1 aliphatic heterocycles. The van der Waals surface area contributed by atoms with E-state index in [9.17, 15) is 4.79 Å². The van der Waals surface area contributed by atoms with Gasteiger partial charge in [0.2, 0.25) is 0 Å². The first-order chi connectivity index (χ1) is 6.77. The summed E-state index contributed by atoms with van der Waals surface area (Å²) < 4.78 is 0. The minimum absolute atomic E-state index is 0.341. The van der Waals surface area contributed by atoms with Gasteiger partial charge < -0.3 is 5.11 Å². The first kappa shape index (κ1) is 9.97. The van der Waals surface area contributed by atoms with E-state index in [-0.39, 0.29) is 0 Å². The molecule has 1 atom stereocenters. The fraction of sp³-hybridized carbons (Fsp3) is 0.909. The first-order valence-electron chi connectivity index (χ1n) is 5.73. The second kappa shape index (κ2) is 4.30. The second-order valence-electron chi connectivity index (χ2n) is 4.60. The first-order valence-corrected chi connectivity index (χ1v) is 5.73. The van der Waals surface area contributed by atoms with Crippen molar-refractivity contribution in [1.29, 1.82) is 0 Å². The number of carboxylic acid groups (broad SMARTS) is 1. The summed E-state index contributed by atoms with van der Waals surface area (Å²) in [7, 11) is 0. The fourth-order valence-electron chi connectivity index (χ4n) is 2.50. The Balaban J connectivity index is 1.90. The molecule has 0 bridgehead atoms. The fourth-order valence-corrected chi connectivity index (χ4v) is 2.50. The molecule has 2 rings (SSSR count). The van der Waals surface area contributed by atoms with Crippen molar-refractivity contribution in [3.05, 3.63) is 0 Å². The third kappa shape index (κ3) is 2.47. The predicted molar refractivity (Wildman–Crippen MR) is 54.2 cm³/mol. The van der Waals surface area contributed by atoms with Crippen molar-refractivity contribution >= 4 is 5.97 Å². The standard InChI is InChI=1S/C11H19NO2/c13-11(14)8-10(9-4-5-9)12-6-2-1-3-7-12/h9-10H,1-8H2,(H,13,14). The maximum atomic E-state index is 10.8. The summed E-state index contributed by atoms with van der Waals surface area (Å²) in [5.41, 5.74) is 0. The van der Waals surface area contributed by atoms with Crippen molar-refractivity contribution in [2.75, 3.05) is 13.1 Å². The molecule has 1 saturated carbocycles. The van der Waals surface area contributed by atoms with Crippen molar-refractivity contribution in [1.82, 2.24) is 4.90 Å². The van der Waals surface area contributed by atoms with Gasteiger partial charge in [-0.05, 0) is 44.7 Å². The average Bonchev–Trinajstić information content (AvgIpc) is 2.99. The zero-order valence-electron chi connectivity index (χ0n) is 8.61. The molecule has 2 fully saturated rings. The highest BCUT2D eigenvalue weighted by molar-refractivity contribution is 5.67. The normalized spacial score (nSPS) is 26.0. The predicted octanol–water partition coefficient (Wildman–Crippen LogP) is 1.73. The van der Waals surface area contributed by atoms with Gasteiger partial charge in [-0.2, -0.15) is 0 Å². The second-order valence-corrected chi connectivity index (χ2v) is 4.60. The van der Waals surface area contributed by atoms with Gasteiger partial charge in [-0.25, -0.2) is 0 Å². The summed E-state index contributed by atoms with van der Waals surface area (Å²) in [6.07, 6.45) is 6.67. The van der Waals surface area contributed by atoms with E-state index in [4.69, 9.17) is 5.11 Å². The van der Waals surface area contributed by atoms with Gasteiger partial charge in [0.1, 0.15) is 0 Å². The summed E-state index contributed by atoms with van der Waals surface area (Å²) in [4.78, 5) is 13.2. The van der Waals surface area contributed by atoms with Crippen molar-refractivity contribution < 1.29 is 9.90 Å². The maximum Gasteiger partial charge on any atom is 0.304 e. The van der Waals surface area contributed by atoms with E-state index in [1.54, 1.807) is 0 Å². The monoisotopic (exact) mass is 197 g/mol. The summed E-state index contributed by atoms with van der Waals surface area (Å²) >= 11 is 0. The van der Waals surface area contributed by atoms with E-state index in [2.05, 4.69) is 4.90 Å². The number of piperidine rings is 1. The van der Waals surface area contributed by atoms with Gasteiger partial charge in [-0.1, -0.05) is 6.42 Å². The van der Waals surface area contributed by atoms with E-state index < -0.39 is 5.97 Å². The van der Waals surface area contributed by atoms with Crippen LogP contribution >= 0.6 is 0 Å². The van der Waals surface area contributed by atoms with Gasteiger partial charge in [0.25, 0.3) is 0 Å². The van der Waals surface area contributed by atoms with Crippen LogP contribution in [0.5, 0.6) is 0 Å². The zero-order valence-corrected chi connectivity index (χ0v) is 8.61. The number of hydrogen-bond acceptors (Lipinski definition) is 2. The van der Waals surface area contributed by atoms with E-state index >= 15 is 0 Å². The Labute approximate surface area is 85.1 Å². The molecule has 1 N–H and O–H groups in total. The van der Waals surface area contributed by atoms with Crippen LogP contribution in [0.15, 0.2) is 0 Å². The van der Waals surface area contributed by atoms with Crippen LogP contribution in [-0.4, -0.2) is 35.1 Å². The van der Waals surface area contributed by atoms with Gasteiger partial charge in [0, 0.05) is 6.04 Å². The van der Waals surface area contributed by atoms with E-state index in [0.29, 0.717) is 18.4 Å². The van der Waals surface area contributed by atoms with E-state index in [1.165, 1.54) is 32.1 Å². The topological polar surface area (TPSA) is 40.5 Å². The Hall–Kier alpha value is -0.570. The highest BCUT2D eigenvalue weighted by Crippen LogP contribution is 2.37. The minimum atomic E-state index is -0.632. The summed E-state index contributed by atoms with van der Waals surface area (Å²) in [5.74, 6) is 0.0525. The lowest BCUT2D eigenvalue weighted by Crippen LogP contribution is -2.41. The number of likely N-dealkylation sites (tertiary alicyclic amines) is 1. The molecule has 0 aromatic rings. The van der Waals surface area contributed by atoms with Crippen LogP contribution in [0.3, 0.4) is 0 Å². The van der Waals surface area contributed by atoms with E-state index in [0.717, 1.165) is 13.1 Å². The van der Waals surface area contributed by atoms with Crippen LogP contribution in [0.1, 0.15) is 38.5 Å². The van der Waals surface area contributed by atoms with Gasteiger partial charge in [0.05, 0.1) is 6.42 Å². The molecule has 1 unspecified atom stereocenters. The number of aliphatic carboxylic acids is 1. The number of hydrogen-bond donors (Lipinski definition) is 1. The van der Waals surface area contributed by atoms with Crippen molar-refractivity contribution in [3.8, 4) is 0 Å². The molecule has 0 amide bonds. The molecule has 0 spiro atoms. The quantitative estimate of drug-likeness (QED) is 0.746. The Morgan fingerprint density at radius 1 is 1.29 bits per heavy atom. The largest absolute Gasteiger partial charge is 0.481 e. The molecule has 3 heteroatoms. The van der Waals surface area contributed by atoms with Gasteiger partial charge in [-0.3, -0.25) is 9.69 Å². The summed E-state index contributed by atoms with van der Waals surface area (Å²) in [6, 6.07) is 0.341. The van der Waals surface area contributed by atoms with Gasteiger partial charge in [0.15, 0.2) is 0 Å². The molecule has 3 nitrogen and oxygen atoms in total. The summed E-state index contributed by atoms with van der Waals surface area (Å²) in [6.45, 7) is 2.24. The molecule has 14 heavy (non-hydrogen) atoms. The molecular formula is C11H19NO2. The molecule has 1 saturated heterocycles. The maximum absolute atomic E-state index is 10.8. The number of carbonyl (C=O) groups is 1. The molecule has 2 aliphatic rings. The number of carboxylic acids is 1. The Morgan fingerprint density at radius 2 is 1.93 bits per heavy atom. The van der Waals surface area contributed by atoms with Crippen LogP contribution in [-0.2, 0) is 4.79 Å². The Morgan fingerprint density at radius 3 is 2.43 bits per heavy atom. The lowest BCUT2D eigenvalue weighted by molar-refractivity contribution is -0.138. The summed E-state index contributed by atoms with van der Waals surface area (Å²) in [5, 5.41) is 8.86. The van der Waals surface area contributed by atoms with Crippen molar-refractivity contribution in [3.63, 3.8) is 0 Å². The minimum Gasteiger partial charge on any atom is -0.481 e. The van der Waals surface area contributed by atoms with Crippen LogP contribution in [0, 0.1) is 5.92 Å². The highest BCUT2D eigenvalue weighted by Gasteiger charge is 2.36. The molecule has 1 aliphatic carbocycles. The average molecular weight is 197 g/mol. The highest BCUT2D eigenvalue weighted by atomic mass is 16.4. The number of nitrogens with zero attached hydrogens (tertiary/aromatic N) is 1. The Kier molecular flexibility index (Phi) is 3.06. The zero-order chi connectivity index (χ0) is 9.97. The van der Waals surface area contributed by atoms with Crippen molar-refractivity contribution in [2.45, 2.75) is 44.6 Å². The van der Waals surface area contributed by atoms with Crippen LogP contribution in [0.25, 0.3) is 0 Å². The van der Waals surface area contributed by atoms with E-state index in [1.807, 2.05) is 0 Å². The number of rotatable bonds is 4. The van der Waals surface area contributed by atoms with Crippen LogP contribution in [0.2, 0.25) is 0 Å². The van der Waals surface area contributed by atoms with Crippen LogP contribution in [0.4, 0.5) is 0 Å².